The second-order valence-corrected chi connectivity index (χ2v) is 6.92. The first-order chi connectivity index (χ1) is 9.91. The molecule has 21 heavy (non-hydrogen) atoms. The summed E-state index contributed by atoms with van der Waals surface area (Å²) in [6.07, 6.45) is 0.412. The Kier molecular flexibility index (Phi) is 4.75. The van der Waals surface area contributed by atoms with E-state index in [1.165, 1.54) is 29.6 Å². The quantitative estimate of drug-likeness (QED) is 0.900. The Balaban J connectivity index is 2.41. The molecule has 1 aromatic rings. The Labute approximate surface area is 129 Å². The number of methoxy groups -OCH3 is 1. The molecule has 8 heteroatoms. The number of sulfonamides is 1. The normalized spacial score (nSPS) is 20.1. The van der Waals surface area contributed by atoms with Crippen LogP contribution in [0.2, 0.25) is 5.02 Å². The van der Waals surface area contributed by atoms with E-state index in [9.17, 15) is 13.2 Å². The van der Waals surface area contributed by atoms with Gasteiger partial charge in [-0.2, -0.15) is 4.31 Å². The molecule has 0 spiro atoms. The second kappa shape index (κ2) is 6.21. The third-order valence-corrected chi connectivity index (χ3v) is 5.60. The van der Waals surface area contributed by atoms with Gasteiger partial charge >= 0.3 is 0 Å². The summed E-state index contributed by atoms with van der Waals surface area (Å²) in [6.45, 7) is 2.33. The van der Waals surface area contributed by atoms with Gasteiger partial charge in [-0.15, -0.1) is 0 Å². The van der Waals surface area contributed by atoms with Crippen LogP contribution >= 0.6 is 11.6 Å². The zero-order chi connectivity index (χ0) is 15.6. The van der Waals surface area contributed by atoms with E-state index in [1.807, 2.05) is 0 Å². The van der Waals surface area contributed by atoms with E-state index >= 15 is 0 Å². The van der Waals surface area contributed by atoms with E-state index in [4.69, 9.17) is 16.3 Å². The Bertz CT molecular complexity index is 648. The maximum absolute atomic E-state index is 12.7. The topological polar surface area (TPSA) is 75.7 Å². The number of amides is 1. The fraction of sp³-hybridized carbons (Fsp3) is 0.462. The largest absolute Gasteiger partial charge is 0.495 e. The van der Waals surface area contributed by atoms with Gasteiger partial charge in [-0.3, -0.25) is 4.79 Å². The SMILES string of the molecule is CCC1C(=O)NCCN1S(=O)(=O)c1ccc(OC)c(Cl)c1. The number of hydrogen-bond acceptors (Lipinski definition) is 4. The maximum Gasteiger partial charge on any atom is 0.243 e. The molecule has 0 bridgehead atoms. The van der Waals surface area contributed by atoms with E-state index in [2.05, 4.69) is 5.32 Å². The first-order valence-corrected chi connectivity index (χ1v) is 8.36. The first kappa shape index (κ1) is 16.1. The van der Waals surface area contributed by atoms with Gasteiger partial charge in [0, 0.05) is 13.1 Å². The van der Waals surface area contributed by atoms with Gasteiger partial charge in [0.1, 0.15) is 11.8 Å². The number of carbonyl (C=O) groups excluding carboxylic acids is 1. The van der Waals surface area contributed by atoms with Crippen molar-refractivity contribution < 1.29 is 17.9 Å². The molecule has 1 heterocycles. The van der Waals surface area contributed by atoms with Crippen LogP contribution in [0.1, 0.15) is 13.3 Å². The lowest BCUT2D eigenvalue weighted by Gasteiger charge is -2.33. The highest BCUT2D eigenvalue weighted by Gasteiger charge is 2.37. The molecule has 2 rings (SSSR count). The molecule has 6 nitrogen and oxygen atoms in total. The molecule has 0 aromatic heterocycles. The summed E-state index contributed by atoms with van der Waals surface area (Å²) in [4.78, 5) is 11.9. The van der Waals surface area contributed by atoms with Crippen molar-refractivity contribution >= 4 is 27.5 Å². The van der Waals surface area contributed by atoms with Crippen LogP contribution in [0.15, 0.2) is 23.1 Å². The van der Waals surface area contributed by atoms with E-state index < -0.39 is 16.1 Å². The molecule has 116 valence electrons. The Morgan fingerprint density at radius 3 is 2.76 bits per heavy atom. The van der Waals surface area contributed by atoms with Crippen LogP contribution in [0, 0.1) is 0 Å². The third kappa shape index (κ3) is 3.00. The van der Waals surface area contributed by atoms with Crippen molar-refractivity contribution in [2.75, 3.05) is 20.2 Å². The van der Waals surface area contributed by atoms with E-state index in [0.29, 0.717) is 18.7 Å². The zero-order valence-electron chi connectivity index (χ0n) is 11.8. The fourth-order valence-electron chi connectivity index (χ4n) is 2.31. The first-order valence-electron chi connectivity index (χ1n) is 6.55. The summed E-state index contributed by atoms with van der Waals surface area (Å²) in [7, 11) is -2.32. The number of hydrogen-bond donors (Lipinski definition) is 1. The summed E-state index contributed by atoms with van der Waals surface area (Å²) in [5.41, 5.74) is 0. The highest BCUT2D eigenvalue weighted by atomic mass is 35.5. The number of halogens is 1. The minimum absolute atomic E-state index is 0.0569. The molecular formula is C13H17ClN2O4S. The number of ether oxygens (including phenoxy) is 1. The fourth-order valence-corrected chi connectivity index (χ4v) is 4.32. The molecule has 1 fully saturated rings. The summed E-state index contributed by atoms with van der Waals surface area (Å²) in [6, 6.07) is 3.58. The smallest absolute Gasteiger partial charge is 0.243 e. The van der Waals surface area contributed by atoms with Crippen molar-refractivity contribution in [1.29, 1.82) is 0 Å². The van der Waals surface area contributed by atoms with Crippen molar-refractivity contribution in [3.8, 4) is 5.75 Å². The van der Waals surface area contributed by atoms with Crippen LogP contribution in [-0.4, -0.2) is 44.9 Å². The van der Waals surface area contributed by atoms with Crippen LogP contribution in [0.5, 0.6) is 5.75 Å². The number of benzene rings is 1. The molecule has 0 radical (unpaired) electrons. The number of nitrogens with one attached hydrogen (secondary N) is 1. The molecule has 1 aliphatic rings. The van der Waals surface area contributed by atoms with Gasteiger partial charge in [0.05, 0.1) is 17.0 Å². The van der Waals surface area contributed by atoms with Crippen molar-refractivity contribution in [2.45, 2.75) is 24.3 Å². The highest BCUT2D eigenvalue weighted by molar-refractivity contribution is 7.89. The minimum atomic E-state index is -3.77. The number of nitrogens with zero attached hydrogens (tertiary/aromatic N) is 1. The van der Waals surface area contributed by atoms with Crippen molar-refractivity contribution in [1.82, 2.24) is 9.62 Å². The zero-order valence-corrected chi connectivity index (χ0v) is 13.4. The summed E-state index contributed by atoms with van der Waals surface area (Å²) < 4.78 is 31.6. The van der Waals surface area contributed by atoms with Gasteiger partial charge in [0.2, 0.25) is 15.9 Å². The Morgan fingerprint density at radius 1 is 1.48 bits per heavy atom. The monoisotopic (exact) mass is 332 g/mol. The molecular weight excluding hydrogens is 316 g/mol. The number of rotatable bonds is 4. The van der Waals surface area contributed by atoms with E-state index in [0.717, 1.165) is 0 Å². The molecule has 1 atom stereocenters. The summed E-state index contributed by atoms with van der Waals surface area (Å²) in [5.74, 6) is 0.131. The van der Waals surface area contributed by atoms with Gasteiger partial charge in [-0.1, -0.05) is 18.5 Å². The van der Waals surface area contributed by atoms with Crippen molar-refractivity contribution in [3.63, 3.8) is 0 Å². The van der Waals surface area contributed by atoms with Gasteiger partial charge in [0.15, 0.2) is 0 Å². The molecule has 1 amide bonds. The molecule has 1 saturated heterocycles. The summed E-state index contributed by atoms with van der Waals surface area (Å²) >= 11 is 5.99. The lowest BCUT2D eigenvalue weighted by atomic mass is 10.2. The predicted octanol–water partition coefficient (Wildman–Crippen LogP) is 1.25. The van der Waals surface area contributed by atoms with Crippen molar-refractivity contribution in [3.05, 3.63) is 23.2 Å². The Hall–Kier alpha value is -1.31. The van der Waals surface area contributed by atoms with Crippen LogP contribution in [0.3, 0.4) is 0 Å². The van der Waals surface area contributed by atoms with Crippen molar-refractivity contribution in [2.24, 2.45) is 0 Å². The predicted molar refractivity (Wildman–Crippen MR) is 79.0 cm³/mol. The Morgan fingerprint density at radius 2 is 2.19 bits per heavy atom. The van der Waals surface area contributed by atoms with Gasteiger partial charge < -0.3 is 10.1 Å². The standard InChI is InChI=1S/C13H17ClN2O4S/c1-3-11-13(17)15-6-7-16(11)21(18,19)9-4-5-12(20-2)10(14)8-9/h4-5,8,11H,3,6-7H2,1-2H3,(H,15,17). The summed E-state index contributed by atoms with van der Waals surface area (Å²) in [5, 5.41) is 2.89. The average molecular weight is 333 g/mol. The highest BCUT2D eigenvalue weighted by Crippen LogP contribution is 2.29. The molecule has 0 saturated carbocycles. The number of carbonyl (C=O) groups is 1. The molecule has 1 unspecified atom stereocenters. The minimum Gasteiger partial charge on any atom is -0.495 e. The molecule has 1 aliphatic heterocycles. The number of piperazine rings is 1. The second-order valence-electron chi connectivity index (χ2n) is 4.63. The van der Waals surface area contributed by atoms with E-state index in [1.54, 1.807) is 6.92 Å². The molecule has 1 N–H and O–H groups in total. The average Bonchev–Trinajstić information content (AvgIpc) is 2.46. The van der Waals surface area contributed by atoms with Gasteiger partial charge in [-0.05, 0) is 24.6 Å². The lowest BCUT2D eigenvalue weighted by Crippen LogP contribution is -2.56. The van der Waals surface area contributed by atoms with Crippen LogP contribution < -0.4 is 10.1 Å². The van der Waals surface area contributed by atoms with Crippen LogP contribution in [-0.2, 0) is 14.8 Å². The molecule has 1 aromatic carbocycles. The maximum atomic E-state index is 12.7. The molecule has 0 aliphatic carbocycles. The van der Waals surface area contributed by atoms with E-state index in [-0.39, 0.29) is 22.4 Å². The lowest BCUT2D eigenvalue weighted by molar-refractivity contribution is -0.126. The van der Waals surface area contributed by atoms with Gasteiger partial charge in [-0.25, -0.2) is 8.42 Å². The van der Waals surface area contributed by atoms with Crippen LogP contribution in [0.25, 0.3) is 0 Å². The van der Waals surface area contributed by atoms with Gasteiger partial charge in [0.25, 0.3) is 0 Å². The van der Waals surface area contributed by atoms with Crippen LogP contribution in [0.4, 0.5) is 0 Å². The third-order valence-electron chi connectivity index (χ3n) is 3.40.